The number of fused-ring (bicyclic) bond motifs is 1. The molecule has 204 valence electrons. The van der Waals surface area contributed by atoms with Gasteiger partial charge in [0.25, 0.3) is 0 Å². The van der Waals surface area contributed by atoms with Crippen LogP contribution in [0.25, 0.3) is 11.0 Å². The lowest BCUT2D eigenvalue weighted by atomic mass is 10.2. The predicted molar refractivity (Wildman–Crippen MR) is 154 cm³/mol. The molecule has 4 aromatic rings. The number of imidazole rings is 1. The van der Waals surface area contributed by atoms with Crippen molar-refractivity contribution >= 4 is 52.7 Å². The number of nitrogens with zero attached hydrogens (tertiary/aromatic N) is 2. The van der Waals surface area contributed by atoms with Gasteiger partial charge in [-0.2, -0.15) is 0 Å². The second kappa shape index (κ2) is 13.3. The molecule has 0 radical (unpaired) electrons. The first-order valence-corrected chi connectivity index (χ1v) is 12.2. The highest BCUT2D eigenvalue weighted by atomic mass is 35.5. The zero-order valence-corrected chi connectivity index (χ0v) is 22.5. The lowest BCUT2D eigenvalue weighted by Crippen LogP contribution is -2.35. The van der Waals surface area contributed by atoms with Crippen LogP contribution in [0.3, 0.4) is 0 Å². The molecule has 0 aliphatic carbocycles. The molecular formula is C28H31ClN6O4. The van der Waals surface area contributed by atoms with E-state index in [1.54, 1.807) is 37.3 Å². The quantitative estimate of drug-likeness (QED) is 0.121. The van der Waals surface area contributed by atoms with Gasteiger partial charge in [0, 0.05) is 29.0 Å². The van der Waals surface area contributed by atoms with Crippen molar-refractivity contribution < 1.29 is 19.1 Å². The van der Waals surface area contributed by atoms with Crippen LogP contribution < -0.4 is 20.7 Å². The van der Waals surface area contributed by atoms with E-state index in [1.165, 1.54) is 4.90 Å². The number of hydrogen-bond acceptors (Lipinski definition) is 7. The number of H-pyrrole nitrogens is 1. The molecule has 1 amide bonds. The van der Waals surface area contributed by atoms with Crippen molar-refractivity contribution in [1.82, 2.24) is 9.97 Å². The average Bonchev–Trinajstić information content (AvgIpc) is 3.34. The Balaban J connectivity index is 0.00000420. The van der Waals surface area contributed by atoms with E-state index in [0.717, 1.165) is 11.2 Å². The van der Waals surface area contributed by atoms with E-state index >= 15 is 0 Å². The van der Waals surface area contributed by atoms with Crippen LogP contribution in [0.15, 0.2) is 66.7 Å². The molecule has 0 atom stereocenters. The van der Waals surface area contributed by atoms with Crippen molar-refractivity contribution in [1.29, 1.82) is 5.41 Å². The zero-order valence-electron chi connectivity index (χ0n) is 21.7. The molecule has 0 aliphatic rings. The Bertz CT molecular complexity index is 1440. The fourth-order valence-electron chi connectivity index (χ4n) is 3.91. The van der Waals surface area contributed by atoms with Gasteiger partial charge in [0.2, 0.25) is 0 Å². The highest BCUT2D eigenvalue weighted by Gasteiger charge is 2.21. The van der Waals surface area contributed by atoms with E-state index < -0.39 is 6.09 Å². The smallest absolute Gasteiger partial charge is 0.419 e. The molecule has 39 heavy (non-hydrogen) atoms. The number of para-hydroxylation sites is 1. The summed E-state index contributed by atoms with van der Waals surface area (Å²) in [6.45, 7) is 4.42. The number of nitrogens with one attached hydrogen (secondary N) is 3. The average molecular weight is 551 g/mol. The number of aromatic amines is 1. The Labute approximate surface area is 232 Å². The number of rotatable bonds is 10. The number of carbonyl (C=O) groups excluding carboxylic acids is 2. The minimum Gasteiger partial charge on any atom is -0.466 e. The number of anilines is 2. The van der Waals surface area contributed by atoms with Crippen molar-refractivity contribution in [3.63, 3.8) is 0 Å². The van der Waals surface area contributed by atoms with E-state index in [0.29, 0.717) is 40.4 Å². The minimum absolute atomic E-state index is 0. The Morgan fingerprint density at radius 2 is 1.79 bits per heavy atom. The maximum absolute atomic E-state index is 13.2. The SMILES string of the molecule is CCOC(=O)CCN(C(=O)Oc1ccc2[nH]c(CNc3ccc(C(=N)N)cc3)nc2c1C)c1ccccc1.Cl. The molecule has 10 nitrogen and oxygen atoms in total. The Kier molecular flexibility index (Phi) is 9.88. The number of aromatic nitrogens is 2. The van der Waals surface area contributed by atoms with Gasteiger partial charge in [0.05, 0.1) is 30.6 Å². The normalized spacial score (nSPS) is 10.4. The van der Waals surface area contributed by atoms with Crippen LogP contribution in [0.4, 0.5) is 16.2 Å². The number of amides is 1. The van der Waals surface area contributed by atoms with Gasteiger partial charge in [-0.05, 0) is 62.4 Å². The number of nitrogen functional groups attached to an aromatic ring is 1. The van der Waals surface area contributed by atoms with Gasteiger partial charge < -0.3 is 25.5 Å². The van der Waals surface area contributed by atoms with Crippen LogP contribution in [0.5, 0.6) is 5.75 Å². The zero-order chi connectivity index (χ0) is 27.1. The topological polar surface area (TPSA) is 146 Å². The number of aryl methyl sites for hydroxylation is 1. The van der Waals surface area contributed by atoms with E-state index in [9.17, 15) is 9.59 Å². The first-order valence-electron chi connectivity index (χ1n) is 12.2. The van der Waals surface area contributed by atoms with E-state index in [2.05, 4.69) is 15.3 Å². The van der Waals surface area contributed by atoms with Crippen LogP contribution in [-0.2, 0) is 16.1 Å². The Hall–Kier alpha value is -4.57. The van der Waals surface area contributed by atoms with Crippen molar-refractivity contribution in [2.24, 2.45) is 5.73 Å². The molecule has 1 aromatic heterocycles. The van der Waals surface area contributed by atoms with Crippen LogP contribution in [0.1, 0.15) is 30.3 Å². The second-order valence-electron chi connectivity index (χ2n) is 8.52. The van der Waals surface area contributed by atoms with Gasteiger partial charge in [-0.25, -0.2) is 9.78 Å². The summed E-state index contributed by atoms with van der Waals surface area (Å²) in [7, 11) is 0. The van der Waals surface area contributed by atoms with Gasteiger partial charge in [-0.15, -0.1) is 12.4 Å². The van der Waals surface area contributed by atoms with Crippen molar-refractivity contribution in [3.8, 4) is 5.75 Å². The van der Waals surface area contributed by atoms with Crippen LogP contribution >= 0.6 is 12.4 Å². The number of amidine groups is 1. The molecule has 0 bridgehead atoms. The van der Waals surface area contributed by atoms with E-state index in [-0.39, 0.29) is 43.8 Å². The lowest BCUT2D eigenvalue weighted by molar-refractivity contribution is -0.142. The molecule has 0 fully saturated rings. The molecule has 0 aliphatic heterocycles. The third-order valence-corrected chi connectivity index (χ3v) is 5.89. The Morgan fingerprint density at radius 1 is 1.08 bits per heavy atom. The molecular weight excluding hydrogens is 520 g/mol. The first kappa shape index (κ1) is 29.0. The third-order valence-electron chi connectivity index (χ3n) is 5.89. The summed E-state index contributed by atoms with van der Waals surface area (Å²) in [4.78, 5) is 34.5. The number of benzene rings is 3. The molecule has 3 aromatic carbocycles. The molecule has 5 N–H and O–H groups in total. The first-order chi connectivity index (χ1) is 18.4. The largest absolute Gasteiger partial charge is 0.466 e. The number of nitrogens with two attached hydrogens (primary N) is 1. The number of esters is 1. The minimum atomic E-state index is -0.602. The molecule has 0 unspecified atom stereocenters. The summed E-state index contributed by atoms with van der Waals surface area (Å²) < 4.78 is 10.8. The number of halogens is 1. The van der Waals surface area contributed by atoms with E-state index in [4.69, 9.17) is 20.6 Å². The van der Waals surface area contributed by atoms with Crippen molar-refractivity contribution in [2.45, 2.75) is 26.8 Å². The van der Waals surface area contributed by atoms with Crippen LogP contribution in [0, 0.1) is 12.3 Å². The summed E-state index contributed by atoms with van der Waals surface area (Å²) in [5.74, 6) is 0.728. The maximum Gasteiger partial charge on any atom is 0.419 e. The summed E-state index contributed by atoms with van der Waals surface area (Å²) in [5.41, 5.74) is 9.86. The maximum atomic E-state index is 13.2. The molecule has 0 spiro atoms. The molecule has 0 saturated heterocycles. The fourth-order valence-corrected chi connectivity index (χ4v) is 3.91. The molecule has 4 rings (SSSR count). The number of hydrogen-bond donors (Lipinski definition) is 4. The highest BCUT2D eigenvalue weighted by molar-refractivity contribution is 5.95. The van der Waals surface area contributed by atoms with Crippen molar-refractivity contribution in [3.05, 3.63) is 83.7 Å². The lowest BCUT2D eigenvalue weighted by Gasteiger charge is -2.22. The summed E-state index contributed by atoms with van der Waals surface area (Å²) in [5, 5.41) is 10.8. The fraction of sp³-hybridized carbons (Fsp3) is 0.214. The number of carbonyl (C=O) groups is 2. The summed E-state index contributed by atoms with van der Waals surface area (Å²) in [6, 6.07) is 19.8. The van der Waals surface area contributed by atoms with Gasteiger partial charge >= 0.3 is 12.1 Å². The monoisotopic (exact) mass is 550 g/mol. The van der Waals surface area contributed by atoms with Gasteiger partial charge in [0.15, 0.2) is 0 Å². The van der Waals surface area contributed by atoms with E-state index in [1.807, 2.05) is 43.3 Å². The Morgan fingerprint density at radius 3 is 2.46 bits per heavy atom. The highest BCUT2D eigenvalue weighted by Crippen LogP contribution is 2.27. The van der Waals surface area contributed by atoms with Gasteiger partial charge in [-0.3, -0.25) is 15.1 Å². The molecule has 11 heteroatoms. The third kappa shape index (κ3) is 7.26. The summed E-state index contributed by atoms with van der Waals surface area (Å²) in [6.07, 6.45) is -0.558. The second-order valence-corrected chi connectivity index (χ2v) is 8.52. The van der Waals surface area contributed by atoms with Crippen LogP contribution in [0.2, 0.25) is 0 Å². The van der Waals surface area contributed by atoms with Crippen molar-refractivity contribution in [2.75, 3.05) is 23.4 Å². The number of ether oxygens (including phenoxy) is 2. The molecule has 1 heterocycles. The predicted octanol–water partition coefficient (Wildman–Crippen LogP) is 5.15. The van der Waals surface area contributed by atoms with Gasteiger partial charge in [-0.1, -0.05) is 18.2 Å². The van der Waals surface area contributed by atoms with Gasteiger partial charge in [0.1, 0.15) is 17.4 Å². The summed E-state index contributed by atoms with van der Waals surface area (Å²) >= 11 is 0. The molecule has 0 saturated carbocycles. The van der Waals surface area contributed by atoms with Crippen LogP contribution in [-0.4, -0.2) is 41.0 Å². The standard InChI is InChI=1S/C28H30N6O4.ClH/c1-3-37-25(35)15-16-34(21-7-5-4-6-8-21)28(36)38-23-14-13-22-26(18(23)2)33-24(32-22)17-31-20-11-9-19(10-12-20)27(29)30;/h4-14,31H,3,15-17H2,1-2H3,(H3,29,30)(H,32,33);1H.